The zero-order valence-electron chi connectivity index (χ0n) is 14.7. The van der Waals surface area contributed by atoms with Crippen LogP contribution in [-0.4, -0.2) is 9.55 Å². The van der Waals surface area contributed by atoms with E-state index in [2.05, 4.69) is 49.2 Å². The molecule has 0 spiro atoms. The maximum atomic E-state index is 13.0. The maximum Gasteiger partial charge on any atom is 0.262 e. The summed E-state index contributed by atoms with van der Waals surface area (Å²) in [5.74, 6) is 1.19. The van der Waals surface area contributed by atoms with Crippen molar-refractivity contribution in [3.63, 3.8) is 0 Å². The van der Waals surface area contributed by atoms with Crippen LogP contribution in [0.4, 0.5) is 0 Å². The Labute approximate surface area is 151 Å². The van der Waals surface area contributed by atoms with Gasteiger partial charge in [-0.25, -0.2) is 4.98 Å². The highest BCUT2D eigenvalue weighted by molar-refractivity contribution is 7.17. The van der Waals surface area contributed by atoms with Gasteiger partial charge in [0.2, 0.25) is 0 Å². The predicted molar refractivity (Wildman–Crippen MR) is 103 cm³/mol. The number of nitriles is 1. The Balaban J connectivity index is 2.09. The number of benzene rings is 1. The molecule has 3 rings (SSSR count). The van der Waals surface area contributed by atoms with Crippen LogP contribution >= 0.6 is 11.3 Å². The zero-order chi connectivity index (χ0) is 18.0. The van der Waals surface area contributed by atoms with Crippen LogP contribution in [0.1, 0.15) is 44.0 Å². The molecule has 128 valence electrons. The van der Waals surface area contributed by atoms with Crippen LogP contribution in [0.3, 0.4) is 0 Å². The fourth-order valence-electron chi connectivity index (χ4n) is 2.97. The van der Waals surface area contributed by atoms with Crippen molar-refractivity contribution in [1.29, 1.82) is 5.26 Å². The van der Waals surface area contributed by atoms with Gasteiger partial charge in [0, 0.05) is 23.9 Å². The first kappa shape index (κ1) is 17.4. The summed E-state index contributed by atoms with van der Waals surface area (Å²) in [5.41, 5.74) is 3.26. The average molecular weight is 351 g/mol. The average Bonchev–Trinajstić information content (AvgIpc) is 3.01. The van der Waals surface area contributed by atoms with Crippen molar-refractivity contribution in [3.8, 4) is 17.2 Å². The second-order valence-electron chi connectivity index (χ2n) is 6.48. The molecule has 0 radical (unpaired) electrons. The molecule has 1 aromatic carbocycles. The van der Waals surface area contributed by atoms with E-state index < -0.39 is 0 Å². The predicted octanol–water partition coefficient (Wildman–Crippen LogP) is 4.86. The molecule has 0 atom stereocenters. The van der Waals surface area contributed by atoms with Crippen LogP contribution in [0.15, 0.2) is 34.4 Å². The van der Waals surface area contributed by atoms with Crippen LogP contribution in [0, 0.1) is 18.3 Å². The lowest BCUT2D eigenvalue weighted by Crippen LogP contribution is -2.23. The Morgan fingerprint density at radius 2 is 2.00 bits per heavy atom. The van der Waals surface area contributed by atoms with E-state index >= 15 is 0 Å². The Morgan fingerprint density at radius 3 is 2.64 bits per heavy atom. The highest BCUT2D eigenvalue weighted by Gasteiger charge is 2.15. The third kappa shape index (κ3) is 3.35. The molecule has 0 N–H and O–H groups in total. The lowest BCUT2D eigenvalue weighted by molar-refractivity contribution is 0.607. The first-order valence-electron chi connectivity index (χ1n) is 8.49. The molecule has 4 nitrogen and oxygen atoms in total. The van der Waals surface area contributed by atoms with Gasteiger partial charge in [0.1, 0.15) is 10.7 Å². The molecule has 5 heteroatoms. The molecule has 25 heavy (non-hydrogen) atoms. The van der Waals surface area contributed by atoms with Gasteiger partial charge in [0.25, 0.3) is 5.56 Å². The van der Waals surface area contributed by atoms with Crippen molar-refractivity contribution in [3.05, 3.63) is 51.4 Å². The molecule has 2 aromatic heterocycles. The monoisotopic (exact) mass is 351 g/mol. The lowest BCUT2D eigenvalue weighted by atomic mass is 9.99. The Bertz CT molecular complexity index is 991. The molecule has 0 unspecified atom stereocenters. The van der Waals surface area contributed by atoms with Gasteiger partial charge in [0.05, 0.1) is 11.5 Å². The van der Waals surface area contributed by atoms with Gasteiger partial charge in [-0.1, -0.05) is 38.1 Å². The van der Waals surface area contributed by atoms with E-state index in [1.807, 2.05) is 12.3 Å². The number of thiophene rings is 1. The summed E-state index contributed by atoms with van der Waals surface area (Å²) < 4.78 is 1.69. The molecular formula is C20H21N3OS. The molecule has 3 aromatic rings. The highest BCUT2D eigenvalue weighted by Crippen LogP contribution is 2.31. The molecule has 0 fully saturated rings. The van der Waals surface area contributed by atoms with Crippen molar-refractivity contribution in [1.82, 2.24) is 9.55 Å². The van der Waals surface area contributed by atoms with Crippen molar-refractivity contribution in [2.75, 3.05) is 0 Å². The number of aryl methyl sites for hydroxylation is 1. The summed E-state index contributed by atoms with van der Waals surface area (Å²) in [4.78, 5) is 18.4. The summed E-state index contributed by atoms with van der Waals surface area (Å²) in [7, 11) is 0. The van der Waals surface area contributed by atoms with Crippen molar-refractivity contribution in [2.24, 2.45) is 0 Å². The molecule has 0 saturated carbocycles. The van der Waals surface area contributed by atoms with Crippen molar-refractivity contribution >= 4 is 21.6 Å². The second-order valence-corrected chi connectivity index (χ2v) is 7.34. The summed E-state index contributed by atoms with van der Waals surface area (Å²) >= 11 is 1.51. The lowest BCUT2D eigenvalue weighted by Gasteiger charge is -2.10. The SMILES string of the molecule is Cc1nc2scc(-c3ccc(C(C)C)cc3)c2c(=O)n1CCCC#N. The normalized spacial score (nSPS) is 11.2. The van der Waals surface area contributed by atoms with Crippen LogP contribution in [0.25, 0.3) is 21.3 Å². The van der Waals surface area contributed by atoms with Crippen LogP contribution in [0.5, 0.6) is 0 Å². The molecule has 0 bridgehead atoms. The van der Waals surface area contributed by atoms with Crippen molar-refractivity contribution in [2.45, 2.75) is 46.1 Å². The van der Waals surface area contributed by atoms with Gasteiger partial charge in [-0.05, 0) is 30.4 Å². The molecule has 0 amide bonds. The largest absolute Gasteiger partial charge is 0.296 e. The van der Waals surface area contributed by atoms with E-state index in [0.717, 1.165) is 16.0 Å². The Morgan fingerprint density at radius 1 is 1.28 bits per heavy atom. The quantitative estimate of drug-likeness (QED) is 0.617. The van der Waals surface area contributed by atoms with Crippen LogP contribution in [0.2, 0.25) is 0 Å². The van der Waals surface area contributed by atoms with E-state index in [-0.39, 0.29) is 5.56 Å². The smallest absolute Gasteiger partial charge is 0.262 e. The number of fused-ring (bicyclic) bond motifs is 1. The number of rotatable bonds is 5. The zero-order valence-corrected chi connectivity index (χ0v) is 15.6. The molecule has 0 saturated heterocycles. The van der Waals surface area contributed by atoms with Crippen LogP contribution < -0.4 is 5.56 Å². The number of unbranched alkanes of at least 4 members (excludes halogenated alkanes) is 1. The Hall–Kier alpha value is -2.45. The number of hydrogen-bond donors (Lipinski definition) is 0. The Kier molecular flexibility index (Phi) is 5.00. The number of aromatic nitrogens is 2. The summed E-state index contributed by atoms with van der Waals surface area (Å²) in [6.07, 6.45) is 1.10. The maximum absolute atomic E-state index is 13.0. The van der Waals surface area contributed by atoms with E-state index in [1.54, 1.807) is 4.57 Å². The van der Waals surface area contributed by atoms with Gasteiger partial charge >= 0.3 is 0 Å². The standard InChI is InChI=1S/C20H21N3OS/c1-13(2)15-6-8-16(9-7-15)17-12-25-19-18(17)20(24)23(14(3)22-19)11-5-4-10-21/h6-9,12-13H,4-5,11H2,1-3H3. The third-order valence-corrected chi connectivity index (χ3v) is 5.32. The van der Waals surface area contributed by atoms with Gasteiger partial charge < -0.3 is 0 Å². The van der Waals surface area contributed by atoms with Crippen LogP contribution in [-0.2, 0) is 6.54 Å². The van der Waals surface area contributed by atoms with E-state index in [4.69, 9.17) is 5.26 Å². The van der Waals surface area contributed by atoms with E-state index in [1.165, 1.54) is 16.9 Å². The van der Waals surface area contributed by atoms with Gasteiger partial charge in [0.15, 0.2) is 0 Å². The molecule has 0 aliphatic carbocycles. The first-order chi connectivity index (χ1) is 12.0. The first-order valence-corrected chi connectivity index (χ1v) is 9.36. The fraction of sp³-hybridized carbons (Fsp3) is 0.350. The molecule has 0 aliphatic rings. The fourth-order valence-corrected chi connectivity index (χ4v) is 3.95. The molecule has 0 aliphatic heterocycles. The van der Waals surface area contributed by atoms with Gasteiger partial charge in [-0.3, -0.25) is 9.36 Å². The van der Waals surface area contributed by atoms with E-state index in [0.29, 0.717) is 36.5 Å². The van der Waals surface area contributed by atoms with E-state index in [9.17, 15) is 4.79 Å². The van der Waals surface area contributed by atoms with Crippen molar-refractivity contribution < 1.29 is 0 Å². The molecule has 2 heterocycles. The summed E-state index contributed by atoms with van der Waals surface area (Å²) in [6, 6.07) is 10.5. The summed E-state index contributed by atoms with van der Waals surface area (Å²) in [5, 5.41) is 11.4. The minimum atomic E-state index is -0.00961. The molecular weight excluding hydrogens is 330 g/mol. The summed E-state index contributed by atoms with van der Waals surface area (Å²) in [6.45, 7) is 6.72. The minimum absolute atomic E-state index is 0.00961. The topological polar surface area (TPSA) is 58.7 Å². The minimum Gasteiger partial charge on any atom is -0.296 e. The number of nitrogens with zero attached hydrogens (tertiary/aromatic N) is 3. The van der Waals surface area contributed by atoms with Gasteiger partial charge in [-0.15, -0.1) is 11.3 Å². The second kappa shape index (κ2) is 7.20. The highest BCUT2D eigenvalue weighted by atomic mass is 32.1. The van der Waals surface area contributed by atoms with Gasteiger partial charge in [-0.2, -0.15) is 5.26 Å². The third-order valence-electron chi connectivity index (χ3n) is 4.44. The number of hydrogen-bond acceptors (Lipinski definition) is 4.